The maximum atomic E-state index is 13.3. The number of aliphatic hydroxyl groups is 1. The molecule has 1 aromatic heterocycles. The number of rotatable bonds is 5. The molecule has 1 aliphatic heterocycles. The highest BCUT2D eigenvalue weighted by Crippen LogP contribution is 2.43. The van der Waals surface area contributed by atoms with Crippen molar-refractivity contribution in [1.29, 1.82) is 0 Å². The largest absolute Gasteiger partial charge is 0.507 e. The van der Waals surface area contributed by atoms with Gasteiger partial charge in [0.15, 0.2) is 17.3 Å². The van der Waals surface area contributed by atoms with E-state index in [0.29, 0.717) is 28.4 Å². The Morgan fingerprint density at radius 3 is 2.20 bits per heavy atom. The average molecular weight is 477 g/mol. The zero-order valence-electron chi connectivity index (χ0n) is 20.6. The second kappa shape index (κ2) is 8.94. The summed E-state index contributed by atoms with van der Waals surface area (Å²) < 4.78 is 15.8. The molecule has 1 saturated heterocycles. The first-order chi connectivity index (χ1) is 16.6. The van der Waals surface area contributed by atoms with E-state index in [1.807, 2.05) is 24.3 Å². The molecular weight excluding hydrogens is 448 g/mol. The van der Waals surface area contributed by atoms with Gasteiger partial charge in [-0.1, -0.05) is 50.2 Å². The Morgan fingerprint density at radius 1 is 1.00 bits per heavy atom. The third kappa shape index (κ3) is 4.27. The van der Waals surface area contributed by atoms with Crippen molar-refractivity contribution < 1.29 is 28.7 Å². The molecule has 182 valence electrons. The Labute approximate surface area is 203 Å². The summed E-state index contributed by atoms with van der Waals surface area (Å²) in [5.74, 6) is -0.407. The third-order valence-electron chi connectivity index (χ3n) is 6.06. The normalized spacial score (nSPS) is 17.7. The van der Waals surface area contributed by atoms with Crippen molar-refractivity contribution >= 4 is 23.3 Å². The van der Waals surface area contributed by atoms with Crippen LogP contribution in [0.2, 0.25) is 0 Å². The van der Waals surface area contributed by atoms with Crippen molar-refractivity contribution in [3.63, 3.8) is 0 Å². The van der Waals surface area contributed by atoms with Gasteiger partial charge in [0, 0.05) is 11.6 Å². The number of carbonyl (C=O) groups is 2. The van der Waals surface area contributed by atoms with Crippen LogP contribution in [0.15, 0.2) is 58.6 Å². The first-order valence-corrected chi connectivity index (χ1v) is 11.1. The SMILES string of the molecule is COc1ccc(/C(O)=C2\C(=O)C(=O)N(c3cc(C)on3)C2c2ccc(C(C)(C)C)cc2)cc1OC. The molecule has 1 unspecified atom stereocenters. The molecule has 3 aromatic rings. The molecule has 1 aliphatic rings. The number of anilines is 1. The number of ether oxygens (including phenoxy) is 2. The smallest absolute Gasteiger partial charge is 0.301 e. The number of hydrogen-bond donors (Lipinski definition) is 1. The lowest BCUT2D eigenvalue weighted by Gasteiger charge is -2.24. The van der Waals surface area contributed by atoms with Crippen molar-refractivity contribution in [1.82, 2.24) is 5.16 Å². The Morgan fingerprint density at radius 2 is 1.66 bits per heavy atom. The van der Waals surface area contributed by atoms with Crippen LogP contribution in [0, 0.1) is 6.92 Å². The minimum absolute atomic E-state index is 0.0496. The molecule has 0 radical (unpaired) electrons. The number of nitrogens with zero attached hydrogens (tertiary/aromatic N) is 2. The van der Waals surface area contributed by atoms with E-state index in [-0.39, 0.29) is 22.6 Å². The van der Waals surface area contributed by atoms with Crippen LogP contribution in [0.4, 0.5) is 5.82 Å². The number of ketones is 1. The summed E-state index contributed by atoms with van der Waals surface area (Å²) in [6, 6.07) is 13.1. The average Bonchev–Trinajstić information content (AvgIpc) is 3.38. The minimum atomic E-state index is -0.901. The van der Waals surface area contributed by atoms with E-state index < -0.39 is 17.7 Å². The number of aryl methyl sites for hydroxylation is 1. The Bertz CT molecular complexity index is 1310. The van der Waals surface area contributed by atoms with Gasteiger partial charge in [-0.05, 0) is 41.7 Å². The first kappa shape index (κ1) is 24.1. The second-order valence-corrected chi connectivity index (χ2v) is 9.41. The fraction of sp³-hybridized carbons (Fsp3) is 0.296. The molecule has 4 rings (SSSR count). The standard InChI is InChI=1S/C27H28N2O6/c1-15-13-21(28-35-15)29-23(16-7-10-18(11-8-16)27(2,3)4)22(25(31)26(29)32)24(30)17-9-12-19(33-5)20(14-17)34-6/h7-14,23,30H,1-6H3/b24-22+. The van der Waals surface area contributed by atoms with E-state index in [1.54, 1.807) is 31.2 Å². The third-order valence-corrected chi connectivity index (χ3v) is 6.06. The molecule has 2 heterocycles. The van der Waals surface area contributed by atoms with E-state index in [2.05, 4.69) is 25.9 Å². The molecule has 0 bridgehead atoms. The number of carbonyl (C=O) groups excluding carboxylic acids is 2. The van der Waals surface area contributed by atoms with Crippen LogP contribution < -0.4 is 14.4 Å². The molecular formula is C27H28N2O6. The van der Waals surface area contributed by atoms with Crippen LogP contribution >= 0.6 is 0 Å². The molecule has 1 amide bonds. The number of amides is 1. The van der Waals surface area contributed by atoms with E-state index in [1.165, 1.54) is 19.1 Å². The van der Waals surface area contributed by atoms with Crippen LogP contribution in [0.25, 0.3) is 5.76 Å². The van der Waals surface area contributed by atoms with Gasteiger partial charge in [-0.3, -0.25) is 14.5 Å². The van der Waals surface area contributed by atoms with Crippen molar-refractivity contribution in [3.05, 3.63) is 76.6 Å². The fourth-order valence-electron chi connectivity index (χ4n) is 4.16. The molecule has 1 N–H and O–H groups in total. The molecule has 0 saturated carbocycles. The second-order valence-electron chi connectivity index (χ2n) is 9.41. The van der Waals surface area contributed by atoms with E-state index in [4.69, 9.17) is 14.0 Å². The molecule has 0 spiro atoms. The van der Waals surface area contributed by atoms with Gasteiger partial charge < -0.3 is 19.1 Å². The van der Waals surface area contributed by atoms with E-state index in [9.17, 15) is 14.7 Å². The zero-order chi connectivity index (χ0) is 25.5. The van der Waals surface area contributed by atoms with E-state index >= 15 is 0 Å². The summed E-state index contributed by atoms with van der Waals surface area (Å²) in [6.45, 7) is 8.00. The molecule has 1 fully saturated rings. The number of hydrogen-bond acceptors (Lipinski definition) is 7. The van der Waals surface area contributed by atoms with Crippen LogP contribution in [0.1, 0.15) is 49.3 Å². The van der Waals surface area contributed by atoms with E-state index in [0.717, 1.165) is 5.56 Å². The number of benzene rings is 2. The van der Waals surface area contributed by atoms with Crippen LogP contribution in [0.3, 0.4) is 0 Å². The molecule has 0 aliphatic carbocycles. The van der Waals surface area contributed by atoms with Crippen molar-refractivity contribution in [2.45, 2.75) is 39.2 Å². The lowest BCUT2D eigenvalue weighted by molar-refractivity contribution is -0.132. The maximum Gasteiger partial charge on any atom is 0.301 e. The molecule has 8 heteroatoms. The fourth-order valence-corrected chi connectivity index (χ4v) is 4.16. The highest BCUT2D eigenvalue weighted by molar-refractivity contribution is 6.51. The highest BCUT2D eigenvalue weighted by atomic mass is 16.5. The lowest BCUT2D eigenvalue weighted by Crippen LogP contribution is -2.29. The maximum absolute atomic E-state index is 13.3. The van der Waals surface area contributed by atoms with Crippen LogP contribution in [0.5, 0.6) is 11.5 Å². The first-order valence-electron chi connectivity index (χ1n) is 11.1. The summed E-state index contributed by atoms with van der Waals surface area (Å²) in [6.07, 6.45) is 0. The van der Waals surface area contributed by atoms with Crippen LogP contribution in [-0.4, -0.2) is 36.2 Å². The predicted molar refractivity (Wildman–Crippen MR) is 131 cm³/mol. The number of Topliss-reactive ketones (excluding diaryl/α,β-unsaturated/α-hetero) is 1. The highest BCUT2D eigenvalue weighted by Gasteiger charge is 2.48. The van der Waals surface area contributed by atoms with Crippen molar-refractivity contribution in [2.75, 3.05) is 19.1 Å². The summed E-state index contributed by atoms with van der Waals surface area (Å²) >= 11 is 0. The Hall–Kier alpha value is -4.07. The summed E-state index contributed by atoms with van der Waals surface area (Å²) in [5.41, 5.74) is 1.93. The predicted octanol–water partition coefficient (Wildman–Crippen LogP) is 4.92. The van der Waals surface area contributed by atoms with Gasteiger partial charge in [-0.2, -0.15) is 0 Å². The monoisotopic (exact) mass is 476 g/mol. The van der Waals surface area contributed by atoms with Gasteiger partial charge in [0.2, 0.25) is 0 Å². The topological polar surface area (TPSA) is 102 Å². The Balaban J connectivity index is 1.92. The van der Waals surface area contributed by atoms with Gasteiger partial charge in [0.05, 0.1) is 25.8 Å². The lowest BCUT2D eigenvalue weighted by atomic mass is 9.85. The summed E-state index contributed by atoms with van der Waals surface area (Å²) in [7, 11) is 2.98. The zero-order valence-corrected chi connectivity index (χ0v) is 20.6. The molecule has 1 atom stereocenters. The van der Waals surface area contributed by atoms with Gasteiger partial charge in [0.1, 0.15) is 11.5 Å². The summed E-state index contributed by atoms with van der Waals surface area (Å²) in [5, 5.41) is 15.3. The van der Waals surface area contributed by atoms with Gasteiger partial charge >= 0.3 is 5.91 Å². The quantitative estimate of drug-likeness (QED) is 0.317. The van der Waals surface area contributed by atoms with Crippen molar-refractivity contribution in [3.8, 4) is 11.5 Å². The molecule has 8 nitrogen and oxygen atoms in total. The Kier molecular flexibility index (Phi) is 6.15. The van der Waals surface area contributed by atoms with Crippen molar-refractivity contribution in [2.24, 2.45) is 0 Å². The number of methoxy groups -OCH3 is 2. The minimum Gasteiger partial charge on any atom is -0.507 e. The van der Waals surface area contributed by atoms with Gasteiger partial charge in [-0.15, -0.1) is 0 Å². The van der Waals surface area contributed by atoms with Gasteiger partial charge in [0.25, 0.3) is 5.78 Å². The van der Waals surface area contributed by atoms with Gasteiger partial charge in [-0.25, -0.2) is 0 Å². The number of aliphatic hydroxyl groups excluding tert-OH is 1. The summed E-state index contributed by atoms with van der Waals surface area (Å²) in [4.78, 5) is 27.7. The van der Waals surface area contributed by atoms with Crippen LogP contribution in [-0.2, 0) is 15.0 Å². The molecule has 2 aromatic carbocycles. The molecule has 35 heavy (non-hydrogen) atoms. The number of aromatic nitrogens is 1.